The van der Waals surface area contributed by atoms with Crippen LogP contribution >= 0.6 is 0 Å². The van der Waals surface area contributed by atoms with E-state index in [2.05, 4.69) is 35.2 Å². The van der Waals surface area contributed by atoms with Gasteiger partial charge in [-0.3, -0.25) is 14.5 Å². The number of hydrogen-bond acceptors (Lipinski definition) is 4. The van der Waals surface area contributed by atoms with Crippen LogP contribution in [0, 0.1) is 12.8 Å². The van der Waals surface area contributed by atoms with E-state index in [1.807, 2.05) is 12.1 Å². The molecule has 0 fully saturated rings. The molecule has 0 saturated heterocycles. The zero-order valence-electron chi connectivity index (χ0n) is 15.0. The lowest BCUT2D eigenvalue weighted by Crippen LogP contribution is -2.29. The maximum atomic E-state index is 12.4. The fourth-order valence-corrected chi connectivity index (χ4v) is 3.24. The zero-order valence-corrected chi connectivity index (χ0v) is 15.0. The molecule has 1 amide bonds. The highest BCUT2D eigenvalue weighted by atomic mass is 16.2. The van der Waals surface area contributed by atoms with Gasteiger partial charge in [-0.15, -0.1) is 0 Å². The minimum Gasteiger partial charge on any atom is -0.324 e. The van der Waals surface area contributed by atoms with Crippen molar-refractivity contribution in [2.75, 3.05) is 11.9 Å². The van der Waals surface area contributed by atoms with E-state index in [1.165, 1.54) is 21.9 Å². The molecule has 3 rings (SSSR count). The van der Waals surface area contributed by atoms with Gasteiger partial charge in [0.25, 0.3) is 5.56 Å². The molecule has 2 heterocycles. The summed E-state index contributed by atoms with van der Waals surface area (Å²) in [5.41, 5.74) is 3.68. The topological polar surface area (TPSA) is 67.2 Å². The first kappa shape index (κ1) is 17.4. The third-order valence-electron chi connectivity index (χ3n) is 4.24. The molecular weight excluding hydrogens is 316 g/mol. The second kappa shape index (κ2) is 7.19. The summed E-state index contributed by atoms with van der Waals surface area (Å²) < 4.78 is 1.19. The van der Waals surface area contributed by atoms with Gasteiger partial charge in [-0.1, -0.05) is 26.0 Å². The van der Waals surface area contributed by atoms with Crippen LogP contribution in [-0.2, 0) is 24.4 Å². The monoisotopic (exact) mass is 340 g/mol. The number of aryl methyl sites for hydroxylation is 1. The number of nitrogens with zero attached hydrogens (tertiary/aromatic N) is 3. The molecule has 0 unspecified atom stereocenters. The first-order valence-electron chi connectivity index (χ1n) is 8.60. The van der Waals surface area contributed by atoms with Gasteiger partial charge in [0.2, 0.25) is 5.91 Å². The fourth-order valence-electron chi connectivity index (χ4n) is 3.24. The molecule has 0 spiro atoms. The summed E-state index contributed by atoms with van der Waals surface area (Å²) in [4.78, 5) is 26.6. The summed E-state index contributed by atoms with van der Waals surface area (Å²) in [7, 11) is 0. The molecule has 132 valence electrons. The van der Waals surface area contributed by atoms with Gasteiger partial charge in [-0.25, -0.2) is 4.68 Å². The standard InChI is InChI=1S/C19H24N4O2/c1-13(2)9-22-10-15-5-4-6-17(16(15)11-22)20-18(24)12-23-19(25)8-7-14(3)21-23/h4-8,13H,9-12H2,1-3H3,(H,20,24). The third-order valence-corrected chi connectivity index (χ3v) is 4.24. The number of carbonyl (C=O) groups is 1. The van der Waals surface area contributed by atoms with Crippen LogP contribution in [0.25, 0.3) is 0 Å². The number of fused-ring (bicyclic) bond motifs is 1. The normalized spacial score (nSPS) is 13.9. The first-order chi connectivity index (χ1) is 11.9. The van der Waals surface area contributed by atoms with Crippen LogP contribution in [0.15, 0.2) is 35.1 Å². The third kappa shape index (κ3) is 4.14. The van der Waals surface area contributed by atoms with Crippen LogP contribution in [0.1, 0.15) is 30.7 Å². The van der Waals surface area contributed by atoms with E-state index in [0.29, 0.717) is 11.6 Å². The van der Waals surface area contributed by atoms with Crippen LogP contribution in [-0.4, -0.2) is 27.1 Å². The van der Waals surface area contributed by atoms with Crippen LogP contribution in [0.4, 0.5) is 5.69 Å². The second-order valence-corrected chi connectivity index (χ2v) is 7.03. The Balaban J connectivity index is 1.72. The van der Waals surface area contributed by atoms with Crippen molar-refractivity contribution >= 4 is 11.6 Å². The number of amides is 1. The van der Waals surface area contributed by atoms with Gasteiger partial charge < -0.3 is 5.32 Å². The lowest BCUT2D eigenvalue weighted by Gasteiger charge is -2.17. The molecule has 1 aliphatic rings. The van der Waals surface area contributed by atoms with E-state index in [4.69, 9.17) is 0 Å². The minimum absolute atomic E-state index is 0.0834. The highest BCUT2D eigenvalue weighted by molar-refractivity contribution is 5.91. The average molecular weight is 340 g/mol. The second-order valence-electron chi connectivity index (χ2n) is 7.03. The van der Waals surface area contributed by atoms with Gasteiger partial charge in [-0.2, -0.15) is 5.10 Å². The Labute approximate surface area is 147 Å². The van der Waals surface area contributed by atoms with Gasteiger partial charge in [0.15, 0.2) is 0 Å². The van der Waals surface area contributed by atoms with E-state index in [9.17, 15) is 9.59 Å². The Hall–Kier alpha value is -2.47. The van der Waals surface area contributed by atoms with E-state index in [1.54, 1.807) is 13.0 Å². The quantitative estimate of drug-likeness (QED) is 0.906. The highest BCUT2D eigenvalue weighted by Gasteiger charge is 2.22. The Morgan fingerprint density at radius 3 is 2.80 bits per heavy atom. The van der Waals surface area contributed by atoms with Gasteiger partial charge >= 0.3 is 0 Å². The summed E-state index contributed by atoms with van der Waals surface area (Å²) in [6.07, 6.45) is 0. The summed E-state index contributed by atoms with van der Waals surface area (Å²) >= 11 is 0. The van der Waals surface area contributed by atoms with Crippen LogP contribution in [0.3, 0.4) is 0 Å². The smallest absolute Gasteiger partial charge is 0.267 e. The number of hydrogen-bond donors (Lipinski definition) is 1. The van der Waals surface area contributed by atoms with Crippen molar-refractivity contribution in [3.8, 4) is 0 Å². The Morgan fingerprint density at radius 1 is 1.24 bits per heavy atom. The number of aromatic nitrogens is 2. The van der Waals surface area contributed by atoms with E-state index in [0.717, 1.165) is 25.3 Å². The molecule has 0 radical (unpaired) electrons. The molecule has 6 nitrogen and oxygen atoms in total. The fraction of sp³-hybridized carbons (Fsp3) is 0.421. The molecule has 0 atom stereocenters. The molecule has 6 heteroatoms. The zero-order chi connectivity index (χ0) is 18.0. The number of rotatable bonds is 5. The lowest BCUT2D eigenvalue weighted by molar-refractivity contribution is -0.117. The van der Waals surface area contributed by atoms with Crippen molar-refractivity contribution in [1.29, 1.82) is 0 Å². The molecule has 0 aliphatic carbocycles. The highest BCUT2D eigenvalue weighted by Crippen LogP contribution is 2.29. The summed E-state index contributed by atoms with van der Waals surface area (Å²) in [6.45, 7) is 8.91. The van der Waals surface area contributed by atoms with Crippen molar-refractivity contribution in [1.82, 2.24) is 14.7 Å². The summed E-state index contributed by atoms with van der Waals surface area (Å²) in [5.74, 6) is 0.363. The molecular formula is C19H24N4O2. The van der Waals surface area contributed by atoms with Crippen molar-refractivity contribution in [2.45, 2.75) is 40.4 Å². The van der Waals surface area contributed by atoms with Crippen molar-refractivity contribution < 1.29 is 4.79 Å². The Morgan fingerprint density at radius 2 is 2.04 bits per heavy atom. The van der Waals surface area contributed by atoms with Gasteiger partial charge in [0.05, 0.1) is 5.69 Å². The molecule has 0 saturated carbocycles. The van der Waals surface area contributed by atoms with E-state index in [-0.39, 0.29) is 18.0 Å². The number of nitrogens with one attached hydrogen (secondary N) is 1. The largest absolute Gasteiger partial charge is 0.324 e. The molecule has 0 bridgehead atoms. The predicted molar refractivity (Wildman–Crippen MR) is 97.3 cm³/mol. The van der Waals surface area contributed by atoms with Crippen LogP contribution in [0.5, 0.6) is 0 Å². The van der Waals surface area contributed by atoms with Gasteiger partial charge in [0.1, 0.15) is 6.54 Å². The van der Waals surface area contributed by atoms with E-state index >= 15 is 0 Å². The number of carbonyl (C=O) groups excluding carboxylic acids is 1. The van der Waals surface area contributed by atoms with Gasteiger partial charge in [-0.05, 0) is 36.1 Å². The maximum absolute atomic E-state index is 12.4. The van der Waals surface area contributed by atoms with E-state index < -0.39 is 0 Å². The lowest BCUT2D eigenvalue weighted by atomic mass is 10.1. The predicted octanol–water partition coefficient (Wildman–Crippen LogP) is 2.16. The maximum Gasteiger partial charge on any atom is 0.267 e. The summed E-state index contributed by atoms with van der Waals surface area (Å²) in [5, 5.41) is 7.05. The molecule has 1 aromatic carbocycles. The van der Waals surface area contributed by atoms with Crippen LogP contribution in [0.2, 0.25) is 0 Å². The molecule has 1 N–H and O–H groups in total. The van der Waals surface area contributed by atoms with Crippen molar-refractivity contribution in [3.05, 3.63) is 57.5 Å². The van der Waals surface area contributed by atoms with Gasteiger partial charge in [0, 0.05) is 31.4 Å². The minimum atomic E-state index is -0.276. The Kier molecular flexibility index (Phi) is 4.99. The first-order valence-corrected chi connectivity index (χ1v) is 8.60. The molecule has 1 aromatic heterocycles. The van der Waals surface area contributed by atoms with Crippen LogP contribution < -0.4 is 10.9 Å². The average Bonchev–Trinajstić information content (AvgIpc) is 2.93. The summed E-state index contributed by atoms with van der Waals surface area (Å²) in [6, 6.07) is 9.06. The Bertz CT molecular complexity index is 842. The van der Waals surface area contributed by atoms with Crippen molar-refractivity contribution in [3.63, 3.8) is 0 Å². The number of anilines is 1. The molecule has 2 aromatic rings. The SMILES string of the molecule is Cc1ccc(=O)n(CC(=O)Nc2cccc3c2CN(CC(C)C)C3)n1. The van der Waals surface area contributed by atoms with Crippen molar-refractivity contribution in [2.24, 2.45) is 5.92 Å². The number of benzene rings is 1. The molecule has 25 heavy (non-hydrogen) atoms. The molecule has 1 aliphatic heterocycles.